The summed E-state index contributed by atoms with van der Waals surface area (Å²) < 4.78 is 4.96. The first kappa shape index (κ1) is 11.4. The van der Waals surface area contributed by atoms with Crippen LogP contribution in [0.4, 0.5) is 5.69 Å². The summed E-state index contributed by atoms with van der Waals surface area (Å²) >= 11 is 0. The van der Waals surface area contributed by atoms with E-state index in [1.807, 2.05) is 0 Å². The molecule has 0 aliphatic carbocycles. The molecular weight excluding hydrogens is 200 g/mol. The van der Waals surface area contributed by atoms with Crippen LogP contribution >= 0.6 is 0 Å². The fraction of sp³-hybridized carbons (Fsp3) is 0.333. The summed E-state index contributed by atoms with van der Waals surface area (Å²) in [4.78, 5) is 9.98. The van der Waals surface area contributed by atoms with Gasteiger partial charge in [0.05, 0.1) is 18.1 Å². The molecule has 1 aromatic carbocycles. The van der Waals surface area contributed by atoms with Crippen molar-refractivity contribution >= 4 is 5.69 Å². The molecule has 0 saturated heterocycles. The third-order valence-corrected chi connectivity index (χ3v) is 2.01. The third kappa shape index (κ3) is 2.42. The van der Waals surface area contributed by atoms with Crippen molar-refractivity contribution in [1.29, 1.82) is 0 Å². The number of non-ortho nitro benzene ring substituents is 1. The number of benzene rings is 1. The number of nitrogens with two attached hydrogens (primary N) is 1. The van der Waals surface area contributed by atoms with E-state index in [9.17, 15) is 15.2 Å². The van der Waals surface area contributed by atoms with Crippen molar-refractivity contribution in [2.75, 3.05) is 13.7 Å². The van der Waals surface area contributed by atoms with Crippen molar-refractivity contribution < 1.29 is 14.8 Å². The zero-order valence-electron chi connectivity index (χ0n) is 8.21. The fourth-order valence-corrected chi connectivity index (χ4v) is 1.22. The van der Waals surface area contributed by atoms with Crippen LogP contribution in [0.1, 0.15) is 11.7 Å². The lowest BCUT2D eigenvalue weighted by Gasteiger charge is -2.12. The smallest absolute Gasteiger partial charge is 0.270 e. The highest BCUT2D eigenvalue weighted by molar-refractivity contribution is 5.45. The number of hydrogen-bond acceptors (Lipinski definition) is 5. The number of ether oxygens (including phenoxy) is 1. The summed E-state index contributed by atoms with van der Waals surface area (Å²) in [6.07, 6.45) is -0.958. The second-order valence-corrected chi connectivity index (χ2v) is 2.93. The van der Waals surface area contributed by atoms with Gasteiger partial charge in [-0.05, 0) is 6.07 Å². The molecule has 0 aliphatic rings. The monoisotopic (exact) mass is 212 g/mol. The maximum atomic E-state index is 10.5. The molecule has 0 aliphatic heterocycles. The number of aliphatic hydroxyl groups excluding tert-OH is 1. The first-order valence-electron chi connectivity index (χ1n) is 4.30. The minimum Gasteiger partial charge on any atom is -0.496 e. The summed E-state index contributed by atoms with van der Waals surface area (Å²) in [5.41, 5.74) is 5.51. The van der Waals surface area contributed by atoms with Crippen LogP contribution < -0.4 is 10.5 Å². The first-order valence-corrected chi connectivity index (χ1v) is 4.30. The molecule has 6 heteroatoms. The lowest BCUT2D eigenvalue weighted by atomic mass is 10.1. The zero-order valence-corrected chi connectivity index (χ0v) is 8.21. The summed E-state index contributed by atoms with van der Waals surface area (Å²) in [5.74, 6) is 0.388. The molecule has 15 heavy (non-hydrogen) atoms. The van der Waals surface area contributed by atoms with Crippen LogP contribution in [0.25, 0.3) is 0 Å². The van der Waals surface area contributed by atoms with E-state index >= 15 is 0 Å². The number of nitro groups is 1. The number of nitro benzene ring substituents is 1. The van der Waals surface area contributed by atoms with Crippen LogP contribution in [0.15, 0.2) is 18.2 Å². The highest BCUT2D eigenvalue weighted by Gasteiger charge is 2.16. The van der Waals surface area contributed by atoms with E-state index in [0.29, 0.717) is 11.3 Å². The van der Waals surface area contributed by atoms with Crippen molar-refractivity contribution in [2.24, 2.45) is 5.73 Å². The molecule has 6 nitrogen and oxygen atoms in total. The second-order valence-electron chi connectivity index (χ2n) is 2.93. The molecule has 0 amide bonds. The molecule has 0 spiro atoms. The van der Waals surface area contributed by atoms with Gasteiger partial charge in [-0.2, -0.15) is 0 Å². The predicted octanol–water partition coefficient (Wildman–Crippen LogP) is 0.595. The van der Waals surface area contributed by atoms with Gasteiger partial charge in [0.1, 0.15) is 5.75 Å². The van der Waals surface area contributed by atoms with Gasteiger partial charge in [0, 0.05) is 24.2 Å². The average molecular weight is 212 g/mol. The highest BCUT2D eigenvalue weighted by Crippen LogP contribution is 2.28. The molecule has 0 unspecified atom stereocenters. The number of methoxy groups -OCH3 is 1. The van der Waals surface area contributed by atoms with E-state index in [1.165, 1.54) is 25.3 Å². The van der Waals surface area contributed by atoms with E-state index in [1.54, 1.807) is 0 Å². The van der Waals surface area contributed by atoms with Crippen molar-refractivity contribution in [3.05, 3.63) is 33.9 Å². The van der Waals surface area contributed by atoms with E-state index in [4.69, 9.17) is 10.5 Å². The SMILES string of the molecule is COc1ccc([N+](=O)[O-])cc1[C@H](O)CN. The van der Waals surface area contributed by atoms with E-state index in [2.05, 4.69) is 0 Å². The van der Waals surface area contributed by atoms with Gasteiger partial charge < -0.3 is 15.6 Å². The van der Waals surface area contributed by atoms with Gasteiger partial charge in [0.25, 0.3) is 5.69 Å². The molecule has 0 heterocycles. The number of rotatable bonds is 4. The highest BCUT2D eigenvalue weighted by atomic mass is 16.6. The molecule has 3 N–H and O–H groups in total. The van der Waals surface area contributed by atoms with Crippen molar-refractivity contribution in [1.82, 2.24) is 0 Å². The lowest BCUT2D eigenvalue weighted by Crippen LogP contribution is -2.12. The Labute approximate surface area is 86.4 Å². The standard InChI is InChI=1S/C9H12N2O4/c1-15-9-3-2-6(11(13)14)4-7(9)8(12)5-10/h2-4,8,12H,5,10H2,1H3/t8-/m1/s1. The summed E-state index contributed by atoms with van der Waals surface area (Å²) in [5, 5.41) is 20.0. The van der Waals surface area contributed by atoms with E-state index in [-0.39, 0.29) is 12.2 Å². The van der Waals surface area contributed by atoms with Crippen molar-refractivity contribution in [3.63, 3.8) is 0 Å². The van der Waals surface area contributed by atoms with Crippen LogP contribution in [0.3, 0.4) is 0 Å². The quantitative estimate of drug-likeness (QED) is 0.562. The largest absolute Gasteiger partial charge is 0.496 e. The van der Waals surface area contributed by atoms with Gasteiger partial charge in [-0.3, -0.25) is 10.1 Å². The van der Waals surface area contributed by atoms with Crippen LogP contribution in [0, 0.1) is 10.1 Å². The summed E-state index contributed by atoms with van der Waals surface area (Å²) in [6, 6.07) is 4.01. The van der Waals surface area contributed by atoms with Gasteiger partial charge >= 0.3 is 0 Å². The Balaban J connectivity index is 3.18. The molecule has 1 aromatic rings. The maximum Gasteiger partial charge on any atom is 0.270 e. The normalized spacial score (nSPS) is 12.2. The number of aliphatic hydroxyl groups is 1. The van der Waals surface area contributed by atoms with Gasteiger partial charge in [-0.1, -0.05) is 0 Å². The first-order chi connectivity index (χ1) is 7.10. The van der Waals surface area contributed by atoms with Gasteiger partial charge in [0.15, 0.2) is 0 Å². The Morgan fingerprint density at radius 3 is 2.80 bits per heavy atom. The lowest BCUT2D eigenvalue weighted by molar-refractivity contribution is -0.385. The van der Waals surface area contributed by atoms with E-state index in [0.717, 1.165) is 0 Å². The van der Waals surface area contributed by atoms with E-state index < -0.39 is 11.0 Å². The van der Waals surface area contributed by atoms with Crippen LogP contribution in [0.2, 0.25) is 0 Å². The zero-order chi connectivity index (χ0) is 11.4. The third-order valence-electron chi connectivity index (χ3n) is 2.01. The molecule has 82 valence electrons. The topological polar surface area (TPSA) is 98.6 Å². The van der Waals surface area contributed by atoms with Crippen LogP contribution in [-0.4, -0.2) is 23.7 Å². The van der Waals surface area contributed by atoms with Crippen molar-refractivity contribution in [2.45, 2.75) is 6.10 Å². The minimum absolute atomic E-state index is 0.0163. The molecule has 0 fully saturated rings. The van der Waals surface area contributed by atoms with Gasteiger partial charge in [-0.25, -0.2) is 0 Å². The van der Waals surface area contributed by atoms with Crippen molar-refractivity contribution in [3.8, 4) is 5.75 Å². The Morgan fingerprint density at radius 1 is 1.67 bits per heavy atom. The van der Waals surface area contributed by atoms with Crippen LogP contribution in [0.5, 0.6) is 5.75 Å². The van der Waals surface area contributed by atoms with Gasteiger partial charge in [-0.15, -0.1) is 0 Å². The van der Waals surface area contributed by atoms with Gasteiger partial charge in [0.2, 0.25) is 0 Å². The molecule has 0 bridgehead atoms. The molecule has 0 radical (unpaired) electrons. The van der Waals surface area contributed by atoms with Crippen LogP contribution in [-0.2, 0) is 0 Å². The Hall–Kier alpha value is -1.66. The maximum absolute atomic E-state index is 10.5. The Kier molecular flexibility index (Phi) is 3.59. The molecule has 0 saturated carbocycles. The Bertz CT molecular complexity index is 367. The second kappa shape index (κ2) is 4.72. The summed E-state index contributed by atoms with van der Waals surface area (Å²) in [7, 11) is 1.42. The molecule has 1 atom stereocenters. The Morgan fingerprint density at radius 2 is 2.33 bits per heavy atom. The fourth-order valence-electron chi connectivity index (χ4n) is 1.22. The predicted molar refractivity (Wildman–Crippen MR) is 53.7 cm³/mol. The summed E-state index contributed by atoms with van der Waals surface area (Å²) in [6.45, 7) is -0.0163. The molecular formula is C9H12N2O4. The average Bonchev–Trinajstić information content (AvgIpc) is 2.27. The molecule has 1 rings (SSSR count). The number of hydrogen-bond donors (Lipinski definition) is 2. The number of nitrogens with zero attached hydrogens (tertiary/aromatic N) is 1. The molecule has 0 aromatic heterocycles. The minimum atomic E-state index is -0.958.